The van der Waals surface area contributed by atoms with E-state index in [9.17, 15) is 5.11 Å². The minimum atomic E-state index is 0.194. The highest BCUT2D eigenvalue weighted by Gasteiger charge is 2.07. The van der Waals surface area contributed by atoms with E-state index in [0.717, 1.165) is 25.1 Å². The summed E-state index contributed by atoms with van der Waals surface area (Å²) in [5, 5.41) is 18.5. The summed E-state index contributed by atoms with van der Waals surface area (Å²) in [6.07, 6.45) is 0.747. The van der Waals surface area contributed by atoms with Crippen LogP contribution in [0.3, 0.4) is 0 Å². The van der Waals surface area contributed by atoms with Gasteiger partial charge in [0, 0.05) is 30.9 Å². The molecule has 0 aliphatic heterocycles. The van der Waals surface area contributed by atoms with Crippen molar-refractivity contribution in [3.05, 3.63) is 23.8 Å². The van der Waals surface area contributed by atoms with E-state index in [1.807, 2.05) is 0 Å². The monoisotopic (exact) mass is 224 g/mol. The lowest BCUT2D eigenvalue weighted by molar-refractivity contribution is 0.224. The maximum atomic E-state index is 9.67. The number of nitrogens with zero attached hydrogens (tertiary/aromatic N) is 1. The number of aliphatic hydroxyl groups is 1. The van der Waals surface area contributed by atoms with Crippen LogP contribution < -0.4 is 5.73 Å². The highest BCUT2D eigenvalue weighted by Crippen LogP contribution is 2.21. The molecular weight excluding hydrogens is 204 g/mol. The summed E-state index contributed by atoms with van der Waals surface area (Å²) in [6, 6.07) is 5.09. The Morgan fingerprint density at radius 1 is 1.38 bits per heavy atom. The van der Waals surface area contributed by atoms with Gasteiger partial charge in [-0.1, -0.05) is 6.92 Å². The first-order chi connectivity index (χ1) is 7.67. The zero-order valence-corrected chi connectivity index (χ0v) is 9.69. The lowest BCUT2D eigenvalue weighted by Gasteiger charge is -2.20. The first-order valence-corrected chi connectivity index (χ1v) is 5.58. The zero-order valence-electron chi connectivity index (χ0n) is 9.69. The molecule has 1 aromatic rings. The fourth-order valence-electron chi connectivity index (χ4n) is 1.62. The topological polar surface area (TPSA) is 69.7 Å². The largest absolute Gasteiger partial charge is 0.508 e. The Balaban J connectivity index is 2.65. The van der Waals surface area contributed by atoms with Gasteiger partial charge in [-0.2, -0.15) is 0 Å². The van der Waals surface area contributed by atoms with Crippen molar-refractivity contribution in [3.8, 4) is 5.75 Å². The van der Waals surface area contributed by atoms with E-state index < -0.39 is 0 Å². The molecule has 0 atom stereocenters. The molecule has 0 aliphatic carbocycles. The summed E-state index contributed by atoms with van der Waals surface area (Å²) in [5.74, 6) is 0.275. The van der Waals surface area contributed by atoms with Crippen LogP contribution >= 0.6 is 0 Å². The van der Waals surface area contributed by atoms with Crippen LogP contribution in [0.1, 0.15) is 18.9 Å². The average Bonchev–Trinajstić information content (AvgIpc) is 2.28. The third kappa shape index (κ3) is 3.72. The minimum absolute atomic E-state index is 0.194. The van der Waals surface area contributed by atoms with Crippen molar-refractivity contribution in [1.82, 2.24) is 4.90 Å². The van der Waals surface area contributed by atoms with Crippen LogP contribution in [-0.4, -0.2) is 34.8 Å². The Morgan fingerprint density at radius 3 is 2.75 bits per heavy atom. The van der Waals surface area contributed by atoms with Gasteiger partial charge >= 0.3 is 0 Å². The fraction of sp³-hybridized carbons (Fsp3) is 0.500. The van der Waals surface area contributed by atoms with Gasteiger partial charge in [0.15, 0.2) is 0 Å². The normalized spacial score (nSPS) is 10.9. The van der Waals surface area contributed by atoms with Gasteiger partial charge in [-0.25, -0.2) is 0 Å². The molecule has 16 heavy (non-hydrogen) atoms. The highest BCUT2D eigenvalue weighted by atomic mass is 16.3. The number of phenols is 1. The predicted molar refractivity (Wildman–Crippen MR) is 65.2 cm³/mol. The molecule has 4 heteroatoms. The molecule has 1 rings (SSSR count). The van der Waals surface area contributed by atoms with Crippen molar-refractivity contribution in [2.75, 3.05) is 25.4 Å². The standard InChI is InChI=1S/C12H20N2O2/c1-2-14(6-3-7-15)9-10-8-11(13)4-5-12(10)16/h4-5,8,15-16H,2-3,6-7,9,13H2,1H3. The average molecular weight is 224 g/mol. The maximum Gasteiger partial charge on any atom is 0.120 e. The van der Waals surface area contributed by atoms with Gasteiger partial charge in [0.05, 0.1) is 0 Å². The summed E-state index contributed by atoms with van der Waals surface area (Å²) < 4.78 is 0. The van der Waals surface area contributed by atoms with Crippen LogP contribution in [0.5, 0.6) is 5.75 Å². The third-order valence-electron chi connectivity index (χ3n) is 2.58. The first-order valence-electron chi connectivity index (χ1n) is 5.58. The van der Waals surface area contributed by atoms with Crippen LogP contribution in [0.2, 0.25) is 0 Å². The van der Waals surface area contributed by atoms with E-state index in [-0.39, 0.29) is 12.4 Å². The number of hydrogen-bond donors (Lipinski definition) is 3. The summed E-state index contributed by atoms with van der Waals surface area (Å²) in [4.78, 5) is 2.16. The van der Waals surface area contributed by atoms with E-state index in [4.69, 9.17) is 10.8 Å². The number of hydrogen-bond acceptors (Lipinski definition) is 4. The second-order valence-electron chi connectivity index (χ2n) is 3.83. The van der Waals surface area contributed by atoms with Crippen LogP contribution in [-0.2, 0) is 6.54 Å². The lowest BCUT2D eigenvalue weighted by atomic mass is 10.1. The second-order valence-corrected chi connectivity index (χ2v) is 3.83. The van der Waals surface area contributed by atoms with E-state index in [0.29, 0.717) is 12.2 Å². The van der Waals surface area contributed by atoms with Crippen molar-refractivity contribution in [2.45, 2.75) is 19.9 Å². The molecule has 0 aromatic heterocycles. The number of aliphatic hydroxyl groups excluding tert-OH is 1. The Labute approximate surface area is 96.3 Å². The van der Waals surface area contributed by atoms with E-state index >= 15 is 0 Å². The second kappa shape index (κ2) is 6.35. The number of anilines is 1. The molecule has 0 aliphatic rings. The van der Waals surface area contributed by atoms with Crippen LogP contribution in [0.25, 0.3) is 0 Å². The predicted octanol–water partition coefficient (Wildman–Crippen LogP) is 1.18. The van der Waals surface area contributed by atoms with Crippen LogP contribution in [0.15, 0.2) is 18.2 Å². The molecule has 0 unspecified atom stereocenters. The Bertz CT molecular complexity index is 329. The fourth-order valence-corrected chi connectivity index (χ4v) is 1.62. The summed E-state index contributed by atoms with van der Waals surface area (Å²) >= 11 is 0. The SMILES string of the molecule is CCN(CCCO)Cc1cc(N)ccc1O. The summed E-state index contributed by atoms with van der Waals surface area (Å²) in [7, 11) is 0. The smallest absolute Gasteiger partial charge is 0.120 e. The molecule has 0 saturated carbocycles. The molecular formula is C12H20N2O2. The van der Waals surface area contributed by atoms with Crippen LogP contribution in [0.4, 0.5) is 5.69 Å². The molecule has 0 heterocycles. The number of rotatable bonds is 6. The number of nitrogens with two attached hydrogens (primary N) is 1. The van der Waals surface area contributed by atoms with Crippen molar-refractivity contribution in [1.29, 1.82) is 0 Å². The van der Waals surface area contributed by atoms with Gasteiger partial charge in [-0.3, -0.25) is 4.90 Å². The molecule has 0 radical (unpaired) electrons. The molecule has 1 aromatic carbocycles. The Hall–Kier alpha value is -1.26. The number of benzene rings is 1. The zero-order chi connectivity index (χ0) is 12.0. The molecule has 4 N–H and O–H groups in total. The van der Waals surface area contributed by atoms with Gasteiger partial charge in [-0.15, -0.1) is 0 Å². The van der Waals surface area contributed by atoms with Crippen molar-refractivity contribution < 1.29 is 10.2 Å². The van der Waals surface area contributed by atoms with Gasteiger partial charge in [0.2, 0.25) is 0 Å². The molecule has 0 spiro atoms. The molecule has 0 bridgehead atoms. The minimum Gasteiger partial charge on any atom is -0.508 e. The van der Waals surface area contributed by atoms with Crippen molar-refractivity contribution in [3.63, 3.8) is 0 Å². The Kier molecular flexibility index (Phi) is 5.08. The third-order valence-corrected chi connectivity index (χ3v) is 2.58. The van der Waals surface area contributed by atoms with E-state index in [1.54, 1.807) is 18.2 Å². The van der Waals surface area contributed by atoms with Crippen molar-refractivity contribution in [2.24, 2.45) is 0 Å². The number of phenolic OH excluding ortho intramolecular Hbond substituents is 1. The summed E-state index contributed by atoms with van der Waals surface area (Å²) in [6.45, 7) is 4.61. The molecule has 90 valence electrons. The molecule has 0 amide bonds. The first kappa shape index (κ1) is 12.8. The molecule has 4 nitrogen and oxygen atoms in total. The van der Waals surface area contributed by atoms with E-state index in [1.165, 1.54) is 0 Å². The lowest BCUT2D eigenvalue weighted by Crippen LogP contribution is -2.24. The molecule has 0 fully saturated rings. The number of aromatic hydroxyl groups is 1. The van der Waals surface area contributed by atoms with Gasteiger partial charge in [0.25, 0.3) is 0 Å². The Morgan fingerprint density at radius 2 is 2.12 bits per heavy atom. The highest BCUT2D eigenvalue weighted by molar-refractivity contribution is 5.47. The van der Waals surface area contributed by atoms with Crippen LogP contribution in [0, 0.1) is 0 Å². The maximum absolute atomic E-state index is 9.67. The van der Waals surface area contributed by atoms with Gasteiger partial charge in [0.1, 0.15) is 5.75 Å². The van der Waals surface area contributed by atoms with Gasteiger partial charge < -0.3 is 15.9 Å². The number of nitrogen functional groups attached to an aromatic ring is 1. The summed E-state index contributed by atoms with van der Waals surface area (Å²) in [5.41, 5.74) is 7.17. The van der Waals surface area contributed by atoms with E-state index in [2.05, 4.69) is 11.8 Å². The van der Waals surface area contributed by atoms with Gasteiger partial charge in [-0.05, 0) is 31.2 Å². The van der Waals surface area contributed by atoms with Crippen molar-refractivity contribution >= 4 is 5.69 Å². The molecule has 0 saturated heterocycles. The quantitative estimate of drug-likeness (QED) is 0.501.